The number of carbonyl (C=O) groups is 2. The minimum atomic E-state index is -0.495. The average Bonchev–Trinajstić information content (AvgIpc) is 3.04. The number of nitrogens with one attached hydrogen (secondary N) is 1. The highest BCUT2D eigenvalue weighted by atomic mass is 16.5. The van der Waals surface area contributed by atoms with Gasteiger partial charge in [-0.3, -0.25) is 4.79 Å². The molecular formula is C15H19NO5. The quantitative estimate of drug-likeness (QED) is 0.796. The molecule has 114 valence electrons. The van der Waals surface area contributed by atoms with Gasteiger partial charge in [-0.05, 0) is 25.0 Å². The normalized spacial score (nSPS) is 17.3. The Bertz CT molecular complexity index is 497. The number of ether oxygens (including phenoxy) is 3. The van der Waals surface area contributed by atoms with E-state index >= 15 is 0 Å². The SMILES string of the molecule is COC(=O)c1ccccc1OCC(=O)NC[C@H]1CCCO1. The number of methoxy groups -OCH3 is 1. The Balaban J connectivity index is 1.82. The fraction of sp³-hybridized carbons (Fsp3) is 0.467. The van der Waals surface area contributed by atoms with Crippen LogP contribution in [0, 0.1) is 0 Å². The maximum Gasteiger partial charge on any atom is 0.341 e. The lowest BCUT2D eigenvalue weighted by atomic mass is 10.2. The van der Waals surface area contributed by atoms with Crippen LogP contribution in [0.4, 0.5) is 0 Å². The fourth-order valence-electron chi connectivity index (χ4n) is 2.10. The molecule has 1 heterocycles. The summed E-state index contributed by atoms with van der Waals surface area (Å²) in [5, 5.41) is 2.75. The first kappa shape index (κ1) is 15.3. The highest BCUT2D eigenvalue weighted by Crippen LogP contribution is 2.18. The first-order valence-corrected chi connectivity index (χ1v) is 6.89. The molecule has 0 bridgehead atoms. The Morgan fingerprint density at radius 1 is 1.38 bits per heavy atom. The van der Waals surface area contributed by atoms with E-state index in [1.165, 1.54) is 7.11 Å². The van der Waals surface area contributed by atoms with Crippen LogP contribution in [0.1, 0.15) is 23.2 Å². The molecule has 6 heteroatoms. The summed E-state index contributed by atoms with van der Waals surface area (Å²) in [6, 6.07) is 6.65. The van der Waals surface area contributed by atoms with Gasteiger partial charge in [0.2, 0.25) is 0 Å². The van der Waals surface area contributed by atoms with E-state index in [1.807, 2.05) is 0 Å². The van der Waals surface area contributed by atoms with Gasteiger partial charge in [-0.2, -0.15) is 0 Å². The molecule has 1 aromatic rings. The van der Waals surface area contributed by atoms with Crippen molar-refractivity contribution in [1.82, 2.24) is 5.32 Å². The van der Waals surface area contributed by atoms with Gasteiger partial charge in [-0.25, -0.2) is 4.79 Å². The Labute approximate surface area is 123 Å². The molecule has 0 unspecified atom stereocenters. The maximum absolute atomic E-state index is 11.7. The highest BCUT2D eigenvalue weighted by molar-refractivity contribution is 5.92. The Morgan fingerprint density at radius 2 is 2.19 bits per heavy atom. The van der Waals surface area contributed by atoms with Gasteiger partial charge >= 0.3 is 5.97 Å². The highest BCUT2D eigenvalue weighted by Gasteiger charge is 2.17. The van der Waals surface area contributed by atoms with Crippen LogP contribution in [0.5, 0.6) is 5.75 Å². The summed E-state index contributed by atoms with van der Waals surface area (Å²) in [6.07, 6.45) is 2.09. The van der Waals surface area contributed by atoms with Crippen LogP contribution in [0.2, 0.25) is 0 Å². The van der Waals surface area contributed by atoms with Crippen LogP contribution >= 0.6 is 0 Å². The van der Waals surface area contributed by atoms with E-state index in [4.69, 9.17) is 9.47 Å². The number of hydrogen-bond donors (Lipinski definition) is 1. The zero-order valence-electron chi connectivity index (χ0n) is 12.0. The molecule has 21 heavy (non-hydrogen) atoms. The number of para-hydroxylation sites is 1. The first-order valence-electron chi connectivity index (χ1n) is 6.89. The number of hydrogen-bond acceptors (Lipinski definition) is 5. The lowest BCUT2D eigenvalue weighted by molar-refractivity contribution is -0.123. The Morgan fingerprint density at radius 3 is 2.90 bits per heavy atom. The van der Waals surface area contributed by atoms with Gasteiger partial charge in [0.15, 0.2) is 6.61 Å². The molecule has 1 N–H and O–H groups in total. The monoisotopic (exact) mass is 293 g/mol. The zero-order valence-corrected chi connectivity index (χ0v) is 12.0. The van der Waals surface area contributed by atoms with Crippen molar-refractivity contribution in [3.05, 3.63) is 29.8 Å². The summed E-state index contributed by atoms with van der Waals surface area (Å²) in [4.78, 5) is 23.3. The van der Waals surface area contributed by atoms with Gasteiger partial charge in [-0.15, -0.1) is 0 Å². The van der Waals surface area contributed by atoms with E-state index in [0.29, 0.717) is 17.9 Å². The summed E-state index contributed by atoms with van der Waals surface area (Å²) in [6.45, 7) is 1.09. The summed E-state index contributed by atoms with van der Waals surface area (Å²) >= 11 is 0. The summed E-state index contributed by atoms with van der Waals surface area (Å²) in [5.41, 5.74) is 0.298. The minimum absolute atomic E-state index is 0.0938. The molecule has 0 aromatic heterocycles. The predicted molar refractivity (Wildman–Crippen MR) is 75.3 cm³/mol. The smallest absolute Gasteiger partial charge is 0.341 e. The van der Waals surface area contributed by atoms with E-state index < -0.39 is 5.97 Å². The third kappa shape index (κ3) is 4.46. The topological polar surface area (TPSA) is 73.9 Å². The van der Waals surface area contributed by atoms with E-state index in [9.17, 15) is 9.59 Å². The zero-order chi connectivity index (χ0) is 15.1. The number of rotatable bonds is 6. The van der Waals surface area contributed by atoms with Crippen LogP contribution in [0.15, 0.2) is 24.3 Å². The average molecular weight is 293 g/mol. The third-order valence-corrected chi connectivity index (χ3v) is 3.20. The van der Waals surface area contributed by atoms with Crippen LogP contribution in [-0.4, -0.2) is 44.8 Å². The van der Waals surface area contributed by atoms with Crippen molar-refractivity contribution in [2.24, 2.45) is 0 Å². The van der Waals surface area contributed by atoms with Crippen LogP contribution in [-0.2, 0) is 14.3 Å². The van der Waals surface area contributed by atoms with Gasteiger partial charge in [0, 0.05) is 13.2 Å². The van der Waals surface area contributed by atoms with Crippen LogP contribution in [0.25, 0.3) is 0 Å². The van der Waals surface area contributed by atoms with Crippen molar-refractivity contribution in [3.8, 4) is 5.75 Å². The van der Waals surface area contributed by atoms with Crippen molar-refractivity contribution in [2.75, 3.05) is 26.9 Å². The van der Waals surface area contributed by atoms with Crippen molar-refractivity contribution in [3.63, 3.8) is 0 Å². The molecule has 1 aliphatic heterocycles. The summed E-state index contributed by atoms with van der Waals surface area (Å²) in [5.74, 6) is -0.410. The standard InChI is InChI=1S/C15H19NO5/c1-19-15(18)12-6-2-3-7-13(12)21-10-14(17)16-9-11-5-4-8-20-11/h2-3,6-7,11H,4-5,8-10H2,1H3,(H,16,17)/t11-/m1/s1. The van der Waals surface area contributed by atoms with Gasteiger partial charge in [0.25, 0.3) is 5.91 Å². The van der Waals surface area contributed by atoms with Crippen molar-refractivity contribution >= 4 is 11.9 Å². The largest absolute Gasteiger partial charge is 0.483 e. The molecule has 1 fully saturated rings. The second-order valence-electron chi connectivity index (χ2n) is 4.72. The van der Waals surface area contributed by atoms with Crippen molar-refractivity contribution in [1.29, 1.82) is 0 Å². The van der Waals surface area contributed by atoms with Crippen LogP contribution < -0.4 is 10.1 Å². The van der Waals surface area contributed by atoms with E-state index in [2.05, 4.69) is 10.1 Å². The molecule has 1 amide bonds. The second-order valence-corrected chi connectivity index (χ2v) is 4.72. The lowest BCUT2D eigenvalue weighted by Gasteiger charge is -2.12. The Kier molecular flexibility index (Phi) is 5.57. The fourth-order valence-corrected chi connectivity index (χ4v) is 2.10. The summed E-state index contributed by atoms with van der Waals surface area (Å²) in [7, 11) is 1.30. The van der Waals surface area contributed by atoms with Crippen molar-refractivity contribution in [2.45, 2.75) is 18.9 Å². The third-order valence-electron chi connectivity index (χ3n) is 3.20. The molecule has 2 rings (SSSR count). The van der Waals surface area contributed by atoms with Crippen molar-refractivity contribution < 1.29 is 23.8 Å². The van der Waals surface area contributed by atoms with E-state index in [-0.39, 0.29) is 18.6 Å². The molecule has 1 aromatic carbocycles. The number of esters is 1. The maximum atomic E-state index is 11.7. The molecule has 0 spiro atoms. The summed E-state index contributed by atoms with van der Waals surface area (Å²) < 4.78 is 15.5. The lowest BCUT2D eigenvalue weighted by Crippen LogP contribution is -2.35. The molecular weight excluding hydrogens is 274 g/mol. The molecule has 1 aliphatic rings. The number of benzene rings is 1. The minimum Gasteiger partial charge on any atom is -0.483 e. The number of carbonyl (C=O) groups excluding carboxylic acids is 2. The number of amides is 1. The molecule has 0 saturated carbocycles. The molecule has 6 nitrogen and oxygen atoms in total. The Hall–Kier alpha value is -2.08. The van der Waals surface area contributed by atoms with E-state index in [1.54, 1.807) is 24.3 Å². The van der Waals surface area contributed by atoms with Crippen LogP contribution in [0.3, 0.4) is 0 Å². The molecule has 1 atom stereocenters. The molecule has 0 radical (unpaired) electrons. The van der Waals surface area contributed by atoms with Gasteiger partial charge < -0.3 is 19.5 Å². The van der Waals surface area contributed by atoms with E-state index in [0.717, 1.165) is 19.4 Å². The molecule has 0 aliphatic carbocycles. The van der Waals surface area contributed by atoms with Gasteiger partial charge in [0.05, 0.1) is 13.2 Å². The van der Waals surface area contributed by atoms with Gasteiger partial charge in [-0.1, -0.05) is 12.1 Å². The molecule has 1 saturated heterocycles. The second kappa shape index (κ2) is 7.64. The predicted octanol–water partition coefficient (Wildman–Crippen LogP) is 1.15. The van der Waals surface area contributed by atoms with Gasteiger partial charge in [0.1, 0.15) is 11.3 Å². The first-order chi connectivity index (χ1) is 10.2.